The fourth-order valence-corrected chi connectivity index (χ4v) is 3.11. The highest BCUT2D eigenvalue weighted by Gasteiger charge is 2.17. The van der Waals surface area contributed by atoms with Crippen LogP contribution in [0.2, 0.25) is 0 Å². The highest BCUT2D eigenvalue weighted by Crippen LogP contribution is 2.15. The van der Waals surface area contributed by atoms with Crippen LogP contribution in [-0.4, -0.2) is 19.6 Å². The second-order valence-corrected chi connectivity index (χ2v) is 6.35. The number of aryl methyl sites for hydroxylation is 1. The molecule has 2 aromatic rings. The Balaban J connectivity index is 1.95. The zero-order chi connectivity index (χ0) is 14.6. The quantitative estimate of drug-likeness (QED) is 0.857. The Hall–Kier alpha value is -1.79. The van der Waals surface area contributed by atoms with Gasteiger partial charge in [-0.3, -0.25) is 0 Å². The zero-order valence-corrected chi connectivity index (χ0v) is 11.9. The predicted octanol–water partition coefficient (Wildman–Crippen LogP) is 2.28. The van der Waals surface area contributed by atoms with Crippen molar-refractivity contribution < 1.29 is 17.9 Å². The van der Waals surface area contributed by atoms with Crippen molar-refractivity contribution >= 4 is 10.0 Å². The normalized spacial score (nSPS) is 13.2. The van der Waals surface area contributed by atoms with Gasteiger partial charge < -0.3 is 9.52 Å². The molecule has 108 valence electrons. The summed E-state index contributed by atoms with van der Waals surface area (Å²) in [5.74, 6) is 0.871. The van der Waals surface area contributed by atoms with Crippen LogP contribution in [0.3, 0.4) is 0 Å². The van der Waals surface area contributed by atoms with Crippen LogP contribution in [0, 0.1) is 0 Å². The second kappa shape index (κ2) is 6.11. The van der Waals surface area contributed by atoms with Crippen molar-refractivity contribution in [3.63, 3.8) is 0 Å². The van der Waals surface area contributed by atoms with Crippen molar-refractivity contribution in [2.45, 2.75) is 30.7 Å². The van der Waals surface area contributed by atoms with Crippen molar-refractivity contribution in [1.29, 1.82) is 0 Å². The molecule has 2 N–H and O–H groups in total. The van der Waals surface area contributed by atoms with E-state index in [1.165, 1.54) is 24.3 Å². The third kappa shape index (κ3) is 3.85. The van der Waals surface area contributed by atoms with E-state index in [0.29, 0.717) is 12.8 Å². The Morgan fingerprint density at radius 2 is 1.95 bits per heavy atom. The Kier molecular flexibility index (Phi) is 4.46. The Morgan fingerprint density at radius 1 is 1.25 bits per heavy atom. The van der Waals surface area contributed by atoms with Gasteiger partial charge in [-0.15, -0.1) is 0 Å². The number of sulfonamides is 1. The molecule has 1 unspecified atom stereocenters. The standard InChI is InChI=1S/C14H17NO4S/c1-11(4-7-13-3-2-10-19-13)15-20(17,18)14-8-5-12(16)6-9-14/h2-3,5-6,8-11,15-16H,4,7H2,1H3. The first-order chi connectivity index (χ1) is 9.47. The van der Waals surface area contributed by atoms with Crippen LogP contribution in [-0.2, 0) is 16.4 Å². The highest BCUT2D eigenvalue weighted by molar-refractivity contribution is 7.89. The molecule has 20 heavy (non-hydrogen) atoms. The maximum atomic E-state index is 12.1. The molecule has 0 aliphatic rings. The number of aromatic hydroxyl groups is 1. The topological polar surface area (TPSA) is 79.5 Å². The van der Waals surface area contributed by atoms with Gasteiger partial charge in [0.15, 0.2) is 0 Å². The molecule has 1 aromatic heterocycles. The molecule has 0 aliphatic carbocycles. The van der Waals surface area contributed by atoms with Gasteiger partial charge in [-0.05, 0) is 49.7 Å². The van der Waals surface area contributed by atoms with Gasteiger partial charge in [0.1, 0.15) is 11.5 Å². The lowest BCUT2D eigenvalue weighted by Gasteiger charge is -2.13. The molecule has 2 rings (SSSR count). The summed E-state index contributed by atoms with van der Waals surface area (Å²) in [6.07, 6.45) is 2.91. The summed E-state index contributed by atoms with van der Waals surface area (Å²) in [6, 6.07) is 8.90. The predicted molar refractivity (Wildman–Crippen MR) is 74.9 cm³/mol. The summed E-state index contributed by atoms with van der Waals surface area (Å²) in [5, 5.41) is 9.17. The minimum Gasteiger partial charge on any atom is -0.508 e. The van der Waals surface area contributed by atoms with Crippen LogP contribution < -0.4 is 4.72 Å². The van der Waals surface area contributed by atoms with E-state index in [4.69, 9.17) is 9.52 Å². The smallest absolute Gasteiger partial charge is 0.240 e. The number of phenolic OH excluding ortho intramolecular Hbond substituents is 1. The lowest BCUT2D eigenvalue weighted by Crippen LogP contribution is -2.32. The van der Waals surface area contributed by atoms with Gasteiger partial charge in [-0.25, -0.2) is 13.1 Å². The molecule has 1 aromatic carbocycles. The summed E-state index contributed by atoms with van der Waals surface area (Å²) in [5.41, 5.74) is 0. The highest BCUT2D eigenvalue weighted by atomic mass is 32.2. The molecule has 0 bridgehead atoms. The van der Waals surface area contributed by atoms with Gasteiger partial charge >= 0.3 is 0 Å². The van der Waals surface area contributed by atoms with Crippen molar-refractivity contribution in [2.24, 2.45) is 0 Å². The first-order valence-electron chi connectivity index (χ1n) is 6.31. The lowest BCUT2D eigenvalue weighted by atomic mass is 10.2. The summed E-state index contributed by atoms with van der Waals surface area (Å²) >= 11 is 0. The van der Waals surface area contributed by atoms with Crippen LogP contribution in [0.4, 0.5) is 0 Å². The molecule has 0 aliphatic heterocycles. The molecule has 5 nitrogen and oxygen atoms in total. The fourth-order valence-electron chi connectivity index (χ4n) is 1.83. The SMILES string of the molecule is CC(CCc1ccco1)NS(=O)(=O)c1ccc(O)cc1. The van der Waals surface area contributed by atoms with Gasteiger partial charge in [0.05, 0.1) is 11.2 Å². The second-order valence-electron chi connectivity index (χ2n) is 4.63. The summed E-state index contributed by atoms with van der Waals surface area (Å²) in [7, 11) is -3.56. The average Bonchev–Trinajstić information content (AvgIpc) is 2.89. The van der Waals surface area contributed by atoms with Gasteiger partial charge in [-0.2, -0.15) is 0 Å². The monoisotopic (exact) mass is 295 g/mol. The molecule has 0 fully saturated rings. The van der Waals surface area contributed by atoms with E-state index in [1.54, 1.807) is 19.3 Å². The third-order valence-corrected chi connectivity index (χ3v) is 4.51. The molecular formula is C14H17NO4S. The zero-order valence-electron chi connectivity index (χ0n) is 11.1. The molecule has 1 heterocycles. The van der Waals surface area contributed by atoms with Crippen LogP contribution in [0.15, 0.2) is 52.0 Å². The van der Waals surface area contributed by atoms with E-state index in [1.807, 2.05) is 6.07 Å². The minimum atomic E-state index is -3.56. The lowest BCUT2D eigenvalue weighted by molar-refractivity contribution is 0.474. The fraction of sp³-hybridized carbons (Fsp3) is 0.286. The molecule has 6 heteroatoms. The van der Waals surface area contributed by atoms with Crippen LogP contribution in [0.5, 0.6) is 5.75 Å². The van der Waals surface area contributed by atoms with E-state index in [0.717, 1.165) is 5.76 Å². The number of furan rings is 1. The molecule has 1 atom stereocenters. The Bertz CT molecular complexity index is 632. The number of phenols is 1. The van der Waals surface area contributed by atoms with Crippen LogP contribution in [0.25, 0.3) is 0 Å². The number of hydrogen-bond acceptors (Lipinski definition) is 4. The molecule has 0 saturated carbocycles. The van der Waals surface area contributed by atoms with E-state index in [2.05, 4.69) is 4.72 Å². The van der Waals surface area contributed by atoms with E-state index < -0.39 is 10.0 Å². The molecule has 0 spiro atoms. The van der Waals surface area contributed by atoms with E-state index in [-0.39, 0.29) is 16.7 Å². The first-order valence-corrected chi connectivity index (χ1v) is 7.79. The van der Waals surface area contributed by atoms with Crippen molar-refractivity contribution in [1.82, 2.24) is 4.72 Å². The van der Waals surface area contributed by atoms with Gasteiger partial charge in [0.25, 0.3) is 0 Å². The van der Waals surface area contributed by atoms with Gasteiger partial charge in [0.2, 0.25) is 10.0 Å². The molecule has 0 amide bonds. The molecule has 0 radical (unpaired) electrons. The maximum absolute atomic E-state index is 12.1. The minimum absolute atomic E-state index is 0.0369. The van der Waals surface area contributed by atoms with Gasteiger partial charge in [-0.1, -0.05) is 0 Å². The van der Waals surface area contributed by atoms with E-state index >= 15 is 0 Å². The van der Waals surface area contributed by atoms with Crippen molar-refractivity contribution in [2.75, 3.05) is 0 Å². The van der Waals surface area contributed by atoms with Crippen molar-refractivity contribution in [3.05, 3.63) is 48.4 Å². The van der Waals surface area contributed by atoms with Crippen molar-refractivity contribution in [3.8, 4) is 5.75 Å². The van der Waals surface area contributed by atoms with Gasteiger partial charge in [0, 0.05) is 12.5 Å². The third-order valence-electron chi connectivity index (χ3n) is 2.91. The number of hydrogen-bond donors (Lipinski definition) is 2. The summed E-state index contributed by atoms with van der Waals surface area (Å²) < 4.78 is 32.0. The van der Waals surface area contributed by atoms with Crippen LogP contribution >= 0.6 is 0 Å². The average molecular weight is 295 g/mol. The Morgan fingerprint density at radius 3 is 2.55 bits per heavy atom. The summed E-state index contributed by atoms with van der Waals surface area (Å²) in [6.45, 7) is 1.81. The molecule has 0 saturated heterocycles. The largest absolute Gasteiger partial charge is 0.508 e. The van der Waals surface area contributed by atoms with E-state index in [9.17, 15) is 8.42 Å². The summed E-state index contributed by atoms with van der Waals surface area (Å²) in [4.78, 5) is 0.139. The van der Waals surface area contributed by atoms with Crippen LogP contribution in [0.1, 0.15) is 19.1 Å². The molecular weight excluding hydrogens is 278 g/mol. The maximum Gasteiger partial charge on any atom is 0.240 e. The number of nitrogens with one attached hydrogen (secondary N) is 1. The Labute approximate surface area is 118 Å². The number of benzene rings is 1. The number of rotatable bonds is 6. The first kappa shape index (κ1) is 14.6.